The van der Waals surface area contributed by atoms with Gasteiger partial charge in [0.05, 0.1) is 19.6 Å². The minimum absolute atomic E-state index is 0.201. The van der Waals surface area contributed by atoms with Gasteiger partial charge in [-0.2, -0.15) is 0 Å². The second-order valence-corrected chi connectivity index (χ2v) is 7.19. The van der Waals surface area contributed by atoms with E-state index in [0.717, 1.165) is 5.56 Å². The number of aryl methyl sites for hydroxylation is 1. The van der Waals surface area contributed by atoms with Gasteiger partial charge in [-0.25, -0.2) is 0 Å². The molecule has 2 aromatic carbocycles. The van der Waals surface area contributed by atoms with Gasteiger partial charge >= 0.3 is 11.9 Å². The van der Waals surface area contributed by atoms with Gasteiger partial charge < -0.3 is 18.9 Å². The first-order valence-corrected chi connectivity index (χ1v) is 8.75. The van der Waals surface area contributed by atoms with Crippen molar-refractivity contribution in [2.45, 2.75) is 41.0 Å². The summed E-state index contributed by atoms with van der Waals surface area (Å²) < 4.78 is 22.3. The molecule has 0 aliphatic carbocycles. The molecule has 0 saturated heterocycles. The summed E-state index contributed by atoms with van der Waals surface area (Å²) in [5, 5.41) is 1.23. The number of esters is 2. The van der Waals surface area contributed by atoms with Gasteiger partial charge in [-0.05, 0) is 33.3 Å². The van der Waals surface area contributed by atoms with Crippen LogP contribution in [0.3, 0.4) is 0 Å². The summed E-state index contributed by atoms with van der Waals surface area (Å²) in [5.74, 6) is 0.0855. The summed E-state index contributed by atoms with van der Waals surface area (Å²) in [6.07, 6.45) is 0.208. The molecule has 0 amide bonds. The number of fused-ring (bicyclic) bond motifs is 1. The third kappa shape index (κ3) is 3.99. The smallest absolute Gasteiger partial charge is 0.316 e. The Morgan fingerprint density at radius 2 is 1.52 bits per heavy atom. The van der Waals surface area contributed by atoms with Crippen molar-refractivity contribution in [3.8, 4) is 23.0 Å². The fourth-order valence-corrected chi connectivity index (χ4v) is 2.60. The molecule has 27 heavy (non-hydrogen) atoms. The lowest BCUT2D eigenvalue weighted by atomic mass is 9.97. The molecule has 0 aliphatic heterocycles. The van der Waals surface area contributed by atoms with Gasteiger partial charge in [0.1, 0.15) is 0 Å². The average molecular weight is 374 g/mol. The predicted molar refractivity (Wildman–Crippen MR) is 103 cm³/mol. The number of ether oxygens (including phenoxy) is 4. The molecule has 146 valence electrons. The number of carbonyl (C=O) groups excluding carboxylic acids is 2. The quantitative estimate of drug-likeness (QED) is 0.569. The van der Waals surface area contributed by atoms with E-state index in [-0.39, 0.29) is 29.4 Å². The van der Waals surface area contributed by atoms with Gasteiger partial charge in [-0.15, -0.1) is 0 Å². The van der Waals surface area contributed by atoms with E-state index in [0.29, 0.717) is 10.8 Å². The Balaban J connectivity index is 2.87. The molecule has 0 bridgehead atoms. The Bertz CT molecular complexity index is 877. The van der Waals surface area contributed by atoms with Crippen LogP contribution in [0.1, 0.15) is 39.7 Å². The van der Waals surface area contributed by atoms with Crippen LogP contribution in [-0.2, 0) is 9.59 Å². The van der Waals surface area contributed by atoms with E-state index in [9.17, 15) is 9.59 Å². The van der Waals surface area contributed by atoms with E-state index in [1.54, 1.807) is 33.8 Å². The highest BCUT2D eigenvalue weighted by Gasteiger charge is 2.30. The largest absolute Gasteiger partial charge is 0.490 e. The minimum atomic E-state index is -0.707. The second-order valence-electron chi connectivity index (χ2n) is 7.19. The monoisotopic (exact) mass is 374 g/mol. The maximum atomic E-state index is 12.5. The molecule has 0 aromatic heterocycles. The van der Waals surface area contributed by atoms with Crippen molar-refractivity contribution < 1.29 is 28.5 Å². The van der Waals surface area contributed by atoms with Crippen LogP contribution in [0.2, 0.25) is 0 Å². The second kappa shape index (κ2) is 7.86. The van der Waals surface area contributed by atoms with E-state index < -0.39 is 17.4 Å². The van der Waals surface area contributed by atoms with Gasteiger partial charge in [0.25, 0.3) is 0 Å². The Kier molecular flexibility index (Phi) is 5.98. The van der Waals surface area contributed by atoms with Crippen LogP contribution in [-0.4, -0.2) is 26.2 Å². The molecule has 6 heteroatoms. The number of methoxy groups -OCH3 is 2. The number of rotatable bonds is 5. The SMILES string of the molecule is CCC(=O)Oc1c(OC)c(OC)c(OC(=O)C(C)(C)C)c2cccc(C)c12. The zero-order valence-electron chi connectivity index (χ0n) is 16.9. The maximum absolute atomic E-state index is 12.5. The van der Waals surface area contributed by atoms with E-state index in [4.69, 9.17) is 18.9 Å². The van der Waals surface area contributed by atoms with Gasteiger partial charge in [-0.1, -0.05) is 25.1 Å². The third-order valence-electron chi connectivity index (χ3n) is 4.08. The standard InChI is InChI=1S/C21H26O6/c1-8-14(22)26-17-15-12(2)10-9-11-13(15)16(18(24-6)19(17)25-7)27-20(23)21(3,4)5/h9-11H,8H2,1-7H3. The van der Waals surface area contributed by atoms with Crippen molar-refractivity contribution >= 4 is 22.7 Å². The molecule has 0 aliphatic rings. The Labute approximate surface area is 159 Å². The molecule has 0 spiro atoms. The highest BCUT2D eigenvalue weighted by Crippen LogP contribution is 2.52. The topological polar surface area (TPSA) is 71.1 Å². The van der Waals surface area contributed by atoms with Crippen molar-refractivity contribution in [1.29, 1.82) is 0 Å². The molecule has 0 radical (unpaired) electrons. The summed E-state index contributed by atoms with van der Waals surface area (Å²) in [5.41, 5.74) is 0.141. The fourth-order valence-electron chi connectivity index (χ4n) is 2.60. The van der Waals surface area contributed by atoms with Crippen LogP contribution in [0.15, 0.2) is 18.2 Å². The van der Waals surface area contributed by atoms with E-state index in [2.05, 4.69) is 0 Å². The van der Waals surface area contributed by atoms with Crippen LogP contribution in [0.25, 0.3) is 10.8 Å². The first-order chi connectivity index (χ1) is 12.6. The molecule has 0 saturated carbocycles. The van der Waals surface area contributed by atoms with Gasteiger partial charge in [0.15, 0.2) is 11.5 Å². The predicted octanol–water partition coefficient (Wildman–Crippen LogP) is 4.43. The molecular formula is C21H26O6. The Morgan fingerprint density at radius 3 is 2.04 bits per heavy atom. The van der Waals surface area contributed by atoms with E-state index in [1.165, 1.54) is 14.2 Å². The summed E-state index contributed by atoms with van der Waals surface area (Å²) in [6, 6.07) is 5.51. The lowest BCUT2D eigenvalue weighted by Crippen LogP contribution is -2.26. The number of benzene rings is 2. The van der Waals surface area contributed by atoms with Crippen LogP contribution in [0, 0.1) is 12.3 Å². The van der Waals surface area contributed by atoms with Crippen LogP contribution in [0.5, 0.6) is 23.0 Å². The van der Waals surface area contributed by atoms with Crippen LogP contribution in [0.4, 0.5) is 0 Å². The number of hydrogen-bond donors (Lipinski definition) is 0. The zero-order chi connectivity index (χ0) is 20.4. The molecule has 0 unspecified atom stereocenters. The molecular weight excluding hydrogens is 348 g/mol. The van der Waals surface area contributed by atoms with E-state index in [1.807, 2.05) is 19.1 Å². The first kappa shape index (κ1) is 20.6. The highest BCUT2D eigenvalue weighted by atomic mass is 16.6. The lowest BCUT2D eigenvalue weighted by molar-refractivity contribution is -0.143. The first-order valence-electron chi connectivity index (χ1n) is 8.75. The van der Waals surface area contributed by atoms with Crippen molar-refractivity contribution in [1.82, 2.24) is 0 Å². The van der Waals surface area contributed by atoms with Crippen molar-refractivity contribution in [3.05, 3.63) is 23.8 Å². The Morgan fingerprint density at radius 1 is 0.926 bits per heavy atom. The molecule has 0 heterocycles. The zero-order valence-corrected chi connectivity index (χ0v) is 16.9. The summed E-state index contributed by atoms with van der Waals surface area (Å²) >= 11 is 0. The van der Waals surface area contributed by atoms with Gasteiger partial charge in [0.2, 0.25) is 11.5 Å². The average Bonchev–Trinajstić information content (AvgIpc) is 2.61. The highest BCUT2D eigenvalue weighted by molar-refractivity contribution is 6.03. The maximum Gasteiger partial charge on any atom is 0.316 e. The molecule has 2 aromatic rings. The van der Waals surface area contributed by atoms with Crippen molar-refractivity contribution in [2.75, 3.05) is 14.2 Å². The van der Waals surface area contributed by atoms with Gasteiger partial charge in [-0.3, -0.25) is 9.59 Å². The molecule has 0 fully saturated rings. The van der Waals surface area contributed by atoms with E-state index >= 15 is 0 Å². The molecule has 6 nitrogen and oxygen atoms in total. The van der Waals surface area contributed by atoms with Crippen molar-refractivity contribution in [2.24, 2.45) is 5.41 Å². The normalized spacial score (nSPS) is 11.2. The molecule has 0 N–H and O–H groups in total. The minimum Gasteiger partial charge on any atom is -0.490 e. The van der Waals surface area contributed by atoms with Crippen LogP contribution < -0.4 is 18.9 Å². The Hall–Kier alpha value is -2.76. The van der Waals surface area contributed by atoms with Gasteiger partial charge in [0, 0.05) is 17.2 Å². The fraction of sp³-hybridized carbons (Fsp3) is 0.429. The number of carbonyl (C=O) groups is 2. The summed E-state index contributed by atoms with van der Waals surface area (Å²) in [7, 11) is 2.89. The number of hydrogen-bond acceptors (Lipinski definition) is 6. The summed E-state index contributed by atoms with van der Waals surface area (Å²) in [6.45, 7) is 8.89. The molecule has 2 rings (SSSR count). The summed E-state index contributed by atoms with van der Waals surface area (Å²) in [4.78, 5) is 24.5. The lowest BCUT2D eigenvalue weighted by Gasteiger charge is -2.22. The van der Waals surface area contributed by atoms with Crippen molar-refractivity contribution in [3.63, 3.8) is 0 Å². The van der Waals surface area contributed by atoms with Crippen LogP contribution >= 0.6 is 0 Å². The molecule has 0 atom stereocenters. The third-order valence-corrected chi connectivity index (χ3v) is 4.08.